The van der Waals surface area contributed by atoms with Crippen molar-refractivity contribution < 1.29 is 14.3 Å². The van der Waals surface area contributed by atoms with Gasteiger partial charge in [-0.05, 0) is 17.2 Å². The molecule has 1 aromatic carbocycles. The van der Waals surface area contributed by atoms with Crippen molar-refractivity contribution in [1.29, 1.82) is 0 Å². The average Bonchev–Trinajstić information content (AvgIpc) is 3.24. The van der Waals surface area contributed by atoms with Crippen LogP contribution >= 0.6 is 0 Å². The Labute approximate surface area is 143 Å². The van der Waals surface area contributed by atoms with Gasteiger partial charge in [-0.2, -0.15) is 5.10 Å². The fourth-order valence-corrected chi connectivity index (χ4v) is 2.87. The lowest BCUT2D eigenvalue weighted by Gasteiger charge is -2.06. The molecule has 0 fully saturated rings. The first-order chi connectivity index (χ1) is 12.1. The van der Waals surface area contributed by atoms with Gasteiger partial charge >= 0.3 is 5.97 Å². The number of carboxylic acids is 1. The van der Waals surface area contributed by atoms with Crippen LogP contribution in [0.4, 0.5) is 0 Å². The minimum Gasteiger partial charge on any atom is -0.477 e. The van der Waals surface area contributed by atoms with Crippen LogP contribution in [0.2, 0.25) is 0 Å². The number of aromatic carboxylic acids is 1. The Hall–Kier alpha value is -3.41. The van der Waals surface area contributed by atoms with Gasteiger partial charge in [0.15, 0.2) is 5.58 Å². The van der Waals surface area contributed by atoms with E-state index in [9.17, 15) is 9.90 Å². The largest absolute Gasteiger partial charge is 0.477 e. The third kappa shape index (κ3) is 2.89. The number of aromatic nitrogens is 3. The summed E-state index contributed by atoms with van der Waals surface area (Å²) < 4.78 is 7.25. The highest BCUT2D eigenvalue weighted by molar-refractivity contribution is 5.89. The molecule has 0 bridgehead atoms. The zero-order chi connectivity index (χ0) is 17.4. The average molecular weight is 333 g/mol. The third-order valence-corrected chi connectivity index (χ3v) is 4.09. The Morgan fingerprint density at radius 1 is 1.20 bits per heavy atom. The molecule has 124 valence electrons. The Balaban J connectivity index is 1.67. The predicted molar refractivity (Wildman–Crippen MR) is 92.4 cm³/mol. The van der Waals surface area contributed by atoms with Crippen LogP contribution in [0.25, 0.3) is 22.2 Å². The van der Waals surface area contributed by atoms with E-state index in [1.165, 1.54) is 6.26 Å². The van der Waals surface area contributed by atoms with Gasteiger partial charge in [-0.3, -0.25) is 4.68 Å². The number of hydrogen-bond acceptors (Lipinski definition) is 4. The van der Waals surface area contributed by atoms with Crippen LogP contribution in [0.15, 0.2) is 59.5 Å². The summed E-state index contributed by atoms with van der Waals surface area (Å²) in [5.74, 6) is -1.05. The molecule has 0 saturated carbocycles. The highest BCUT2D eigenvalue weighted by Crippen LogP contribution is 2.24. The van der Waals surface area contributed by atoms with Gasteiger partial charge in [0, 0.05) is 36.9 Å². The SMILES string of the molecule is Cn1cc(-c2ccc(Cc3cc(C(=O)O)nc4ccoc34)cc2)cn1. The van der Waals surface area contributed by atoms with Crippen LogP contribution in [0.3, 0.4) is 0 Å². The molecule has 1 N–H and O–H groups in total. The number of carboxylic acid groups (broad SMARTS) is 1. The quantitative estimate of drug-likeness (QED) is 0.618. The highest BCUT2D eigenvalue weighted by Gasteiger charge is 2.13. The molecule has 6 nitrogen and oxygen atoms in total. The Kier molecular flexibility index (Phi) is 3.57. The smallest absolute Gasteiger partial charge is 0.354 e. The van der Waals surface area contributed by atoms with E-state index in [0.717, 1.165) is 22.3 Å². The zero-order valence-electron chi connectivity index (χ0n) is 13.5. The number of furan rings is 1. The number of carbonyl (C=O) groups is 1. The van der Waals surface area contributed by atoms with Crippen LogP contribution in [0.5, 0.6) is 0 Å². The summed E-state index contributed by atoms with van der Waals surface area (Å²) in [6.45, 7) is 0. The zero-order valence-corrected chi connectivity index (χ0v) is 13.5. The van der Waals surface area contributed by atoms with Crippen molar-refractivity contribution >= 4 is 17.1 Å². The third-order valence-electron chi connectivity index (χ3n) is 4.09. The minimum absolute atomic E-state index is 0.0240. The second kappa shape index (κ2) is 5.90. The maximum absolute atomic E-state index is 11.3. The number of hydrogen-bond donors (Lipinski definition) is 1. The summed E-state index contributed by atoms with van der Waals surface area (Å²) in [5.41, 5.74) is 5.22. The molecule has 0 spiro atoms. The molecule has 0 amide bonds. The lowest BCUT2D eigenvalue weighted by molar-refractivity contribution is 0.0691. The Morgan fingerprint density at radius 3 is 2.68 bits per heavy atom. The van der Waals surface area contributed by atoms with E-state index < -0.39 is 5.97 Å². The minimum atomic E-state index is -1.05. The van der Waals surface area contributed by atoms with E-state index in [2.05, 4.69) is 10.1 Å². The number of benzene rings is 1. The van der Waals surface area contributed by atoms with Crippen molar-refractivity contribution in [3.63, 3.8) is 0 Å². The molecule has 25 heavy (non-hydrogen) atoms. The topological polar surface area (TPSA) is 81.2 Å². The highest BCUT2D eigenvalue weighted by atomic mass is 16.4. The maximum atomic E-state index is 11.3. The summed E-state index contributed by atoms with van der Waals surface area (Å²) >= 11 is 0. The van der Waals surface area contributed by atoms with E-state index in [1.807, 2.05) is 43.7 Å². The monoisotopic (exact) mass is 333 g/mol. The lowest BCUT2D eigenvalue weighted by atomic mass is 10.0. The van der Waals surface area contributed by atoms with E-state index in [0.29, 0.717) is 17.5 Å². The molecule has 3 heterocycles. The molecule has 4 aromatic rings. The van der Waals surface area contributed by atoms with Crippen molar-refractivity contribution in [2.24, 2.45) is 7.05 Å². The number of fused-ring (bicyclic) bond motifs is 1. The first kappa shape index (κ1) is 15.1. The van der Waals surface area contributed by atoms with Crippen molar-refractivity contribution in [2.75, 3.05) is 0 Å². The molecule has 0 aliphatic carbocycles. The molecular formula is C19H15N3O3. The number of aryl methyl sites for hydroxylation is 1. The molecule has 4 rings (SSSR count). The van der Waals surface area contributed by atoms with Crippen LogP contribution < -0.4 is 0 Å². The molecule has 0 aliphatic rings. The van der Waals surface area contributed by atoms with Gasteiger partial charge in [-0.15, -0.1) is 0 Å². The Morgan fingerprint density at radius 2 is 2.00 bits per heavy atom. The van der Waals surface area contributed by atoms with Crippen molar-refractivity contribution in [1.82, 2.24) is 14.8 Å². The van der Waals surface area contributed by atoms with Gasteiger partial charge in [-0.1, -0.05) is 24.3 Å². The molecular weight excluding hydrogens is 318 g/mol. The van der Waals surface area contributed by atoms with Gasteiger partial charge in [-0.25, -0.2) is 9.78 Å². The van der Waals surface area contributed by atoms with Crippen molar-refractivity contribution in [3.8, 4) is 11.1 Å². The fourth-order valence-electron chi connectivity index (χ4n) is 2.87. The number of nitrogens with zero attached hydrogens (tertiary/aromatic N) is 3. The predicted octanol–water partition coefficient (Wildman–Crippen LogP) is 3.52. The first-order valence-corrected chi connectivity index (χ1v) is 7.78. The van der Waals surface area contributed by atoms with E-state index >= 15 is 0 Å². The van der Waals surface area contributed by atoms with Gasteiger partial charge in [0.1, 0.15) is 11.2 Å². The summed E-state index contributed by atoms with van der Waals surface area (Å²) in [4.78, 5) is 15.4. The molecule has 0 radical (unpaired) electrons. The molecule has 0 atom stereocenters. The molecule has 3 aromatic heterocycles. The first-order valence-electron chi connectivity index (χ1n) is 7.78. The van der Waals surface area contributed by atoms with E-state index in [-0.39, 0.29) is 5.69 Å². The Bertz CT molecular complexity index is 1060. The number of pyridine rings is 1. The van der Waals surface area contributed by atoms with E-state index in [1.54, 1.807) is 16.8 Å². The second-order valence-corrected chi connectivity index (χ2v) is 5.88. The van der Waals surface area contributed by atoms with Gasteiger partial charge in [0.05, 0.1) is 12.5 Å². The van der Waals surface area contributed by atoms with E-state index in [4.69, 9.17) is 4.42 Å². The van der Waals surface area contributed by atoms with Crippen molar-refractivity contribution in [2.45, 2.75) is 6.42 Å². The summed E-state index contributed by atoms with van der Waals surface area (Å²) in [6, 6.07) is 11.4. The normalized spacial score (nSPS) is 11.1. The van der Waals surface area contributed by atoms with Crippen molar-refractivity contribution in [3.05, 3.63) is 71.9 Å². The molecule has 6 heteroatoms. The van der Waals surface area contributed by atoms with Crippen LogP contribution in [-0.4, -0.2) is 25.8 Å². The van der Waals surface area contributed by atoms with Gasteiger partial charge in [0.25, 0.3) is 0 Å². The molecule has 0 unspecified atom stereocenters. The summed E-state index contributed by atoms with van der Waals surface area (Å²) in [7, 11) is 1.88. The maximum Gasteiger partial charge on any atom is 0.354 e. The summed E-state index contributed by atoms with van der Waals surface area (Å²) in [5, 5.41) is 13.4. The standard InChI is InChI=1S/C19H15N3O3/c1-22-11-15(10-20-22)13-4-2-12(3-5-13)8-14-9-17(19(23)24)21-16-6-7-25-18(14)16/h2-7,9-11H,8H2,1H3,(H,23,24). The van der Waals surface area contributed by atoms with Crippen LogP contribution in [-0.2, 0) is 13.5 Å². The van der Waals surface area contributed by atoms with Gasteiger partial charge < -0.3 is 9.52 Å². The fraction of sp³-hybridized carbons (Fsp3) is 0.105. The second-order valence-electron chi connectivity index (χ2n) is 5.88. The molecule has 0 saturated heterocycles. The molecule has 0 aliphatic heterocycles. The lowest BCUT2D eigenvalue weighted by Crippen LogP contribution is -2.02. The van der Waals surface area contributed by atoms with Gasteiger partial charge in [0.2, 0.25) is 0 Å². The number of rotatable bonds is 4. The van der Waals surface area contributed by atoms with Crippen LogP contribution in [0, 0.1) is 0 Å². The summed E-state index contributed by atoms with van der Waals surface area (Å²) in [6.07, 6.45) is 5.88. The van der Waals surface area contributed by atoms with Crippen LogP contribution in [0.1, 0.15) is 21.6 Å².